The first kappa shape index (κ1) is 11.4. The highest BCUT2D eigenvalue weighted by Gasteiger charge is 2.22. The summed E-state index contributed by atoms with van der Waals surface area (Å²) >= 11 is 0. The lowest BCUT2D eigenvalue weighted by atomic mass is 10.1. The van der Waals surface area contributed by atoms with Gasteiger partial charge in [0.1, 0.15) is 6.10 Å². The van der Waals surface area contributed by atoms with Crippen LogP contribution in [0.2, 0.25) is 0 Å². The normalized spacial score (nSPS) is 15.6. The average Bonchev–Trinajstić information content (AvgIpc) is 2.03. The third kappa shape index (κ3) is 4.28. The van der Waals surface area contributed by atoms with Gasteiger partial charge in [-0.2, -0.15) is 0 Å². The quantitative estimate of drug-likeness (QED) is 0.379. The summed E-state index contributed by atoms with van der Waals surface area (Å²) in [6, 6.07) is -0.832. The van der Waals surface area contributed by atoms with Crippen LogP contribution in [0.5, 0.6) is 0 Å². The van der Waals surface area contributed by atoms with Crippen molar-refractivity contribution in [1.29, 1.82) is 0 Å². The van der Waals surface area contributed by atoms with Crippen molar-refractivity contribution in [2.24, 2.45) is 0 Å². The molecule has 0 aromatic rings. The van der Waals surface area contributed by atoms with E-state index in [1.54, 1.807) is 0 Å². The molecule has 0 heterocycles. The molecule has 0 aliphatic heterocycles. The monoisotopic (exact) mass is 175 g/mol. The maximum absolute atomic E-state index is 10.2. The second-order valence-corrected chi connectivity index (χ2v) is 3.09. The van der Waals surface area contributed by atoms with Crippen molar-refractivity contribution in [2.75, 3.05) is 0 Å². The third-order valence-electron chi connectivity index (χ3n) is 1.99. The summed E-state index contributed by atoms with van der Waals surface area (Å²) in [6.07, 6.45) is 2.72. The Morgan fingerprint density at radius 3 is 2.50 bits per heavy atom. The maximum Gasteiger partial charge on any atom is 0.235 e. The topological polar surface area (TPSA) is 63.4 Å². The van der Waals surface area contributed by atoms with Crippen molar-refractivity contribution < 1.29 is 10.0 Å². The Balaban J connectivity index is 3.56. The molecular formula is C8H17NO3. The molecule has 2 atom stereocenters. The first-order chi connectivity index (χ1) is 5.59. The minimum atomic E-state index is -0.832. The molecule has 0 aliphatic carbocycles. The van der Waals surface area contributed by atoms with Crippen molar-refractivity contribution in [3.05, 3.63) is 10.1 Å². The predicted octanol–water partition coefficient (Wildman–Crippen LogP) is 1.59. The molecule has 0 aliphatic rings. The van der Waals surface area contributed by atoms with Crippen LogP contribution in [-0.4, -0.2) is 22.2 Å². The second kappa shape index (κ2) is 5.94. The summed E-state index contributed by atoms with van der Waals surface area (Å²) in [7, 11) is 0. The van der Waals surface area contributed by atoms with Gasteiger partial charge in [0.05, 0.1) is 0 Å². The molecule has 0 fully saturated rings. The third-order valence-corrected chi connectivity index (χ3v) is 1.99. The molecule has 0 rings (SSSR count). The Morgan fingerprint density at radius 1 is 1.50 bits per heavy atom. The van der Waals surface area contributed by atoms with Gasteiger partial charge in [-0.15, -0.1) is 0 Å². The number of unbranched alkanes of at least 4 members (excludes halogenated alkanes) is 2. The van der Waals surface area contributed by atoms with E-state index >= 15 is 0 Å². The second-order valence-electron chi connectivity index (χ2n) is 3.09. The molecule has 0 unspecified atom stereocenters. The van der Waals surface area contributed by atoms with Crippen molar-refractivity contribution >= 4 is 0 Å². The van der Waals surface area contributed by atoms with Gasteiger partial charge in [-0.1, -0.05) is 26.2 Å². The van der Waals surface area contributed by atoms with E-state index in [-0.39, 0.29) is 0 Å². The molecule has 4 nitrogen and oxygen atoms in total. The van der Waals surface area contributed by atoms with Crippen LogP contribution in [0.15, 0.2) is 0 Å². The zero-order valence-corrected chi connectivity index (χ0v) is 7.69. The Morgan fingerprint density at radius 2 is 2.08 bits per heavy atom. The first-order valence-corrected chi connectivity index (χ1v) is 4.41. The Hall–Kier alpha value is -0.640. The van der Waals surface area contributed by atoms with Gasteiger partial charge >= 0.3 is 0 Å². The van der Waals surface area contributed by atoms with Crippen molar-refractivity contribution in [3.63, 3.8) is 0 Å². The summed E-state index contributed by atoms with van der Waals surface area (Å²) < 4.78 is 0. The first-order valence-electron chi connectivity index (χ1n) is 4.41. The number of hydrogen-bond acceptors (Lipinski definition) is 3. The van der Waals surface area contributed by atoms with Crippen LogP contribution in [0.4, 0.5) is 0 Å². The van der Waals surface area contributed by atoms with Gasteiger partial charge in [0.15, 0.2) is 0 Å². The van der Waals surface area contributed by atoms with Gasteiger partial charge in [0, 0.05) is 11.8 Å². The van der Waals surface area contributed by atoms with Gasteiger partial charge < -0.3 is 5.11 Å². The Kier molecular flexibility index (Phi) is 5.62. The fourth-order valence-electron chi connectivity index (χ4n) is 0.985. The molecule has 0 saturated heterocycles. The van der Waals surface area contributed by atoms with Crippen molar-refractivity contribution in [2.45, 2.75) is 51.7 Å². The number of aliphatic hydroxyl groups excluding tert-OH is 1. The maximum atomic E-state index is 10.2. The number of nitrogens with zero attached hydrogens (tertiary/aromatic N) is 1. The minimum Gasteiger partial charge on any atom is -0.386 e. The smallest absolute Gasteiger partial charge is 0.235 e. The van der Waals surface area contributed by atoms with Crippen LogP contribution in [0, 0.1) is 10.1 Å². The summed E-state index contributed by atoms with van der Waals surface area (Å²) in [4.78, 5) is 9.79. The lowest BCUT2D eigenvalue weighted by Crippen LogP contribution is -2.30. The number of hydrogen-bond donors (Lipinski definition) is 1. The largest absolute Gasteiger partial charge is 0.386 e. The van der Waals surface area contributed by atoms with Crippen LogP contribution in [0.3, 0.4) is 0 Å². The standard InChI is InChI=1S/C8H17NO3/c1-3-4-5-6-8(10)7(2)9(11)12/h7-8,10H,3-6H2,1-2H3/t7-,8+/m0/s1. The van der Waals surface area contributed by atoms with E-state index < -0.39 is 17.1 Å². The van der Waals surface area contributed by atoms with Crippen molar-refractivity contribution in [3.8, 4) is 0 Å². The van der Waals surface area contributed by atoms with Crippen LogP contribution in [0.25, 0.3) is 0 Å². The van der Waals surface area contributed by atoms with E-state index in [2.05, 4.69) is 6.92 Å². The highest BCUT2D eigenvalue weighted by atomic mass is 16.6. The minimum absolute atomic E-state index is 0.434. The van der Waals surface area contributed by atoms with Crippen LogP contribution in [-0.2, 0) is 0 Å². The van der Waals surface area contributed by atoms with E-state index in [1.807, 2.05) is 0 Å². The molecule has 0 saturated carbocycles. The molecule has 0 amide bonds. The molecule has 0 bridgehead atoms. The molecule has 1 N–H and O–H groups in total. The van der Waals surface area contributed by atoms with Gasteiger partial charge in [0.25, 0.3) is 0 Å². The molecule has 0 aromatic heterocycles. The van der Waals surface area contributed by atoms with Crippen LogP contribution in [0.1, 0.15) is 39.5 Å². The van der Waals surface area contributed by atoms with E-state index in [1.165, 1.54) is 6.92 Å². The van der Waals surface area contributed by atoms with Gasteiger partial charge in [-0.3, -0.25) is 10.1 Å². The zero-order valence-electron chi connectivity index (χ0n) is 7.69. The Bertz CT molecular complexity index is 138. The lowest BCUT2D eigenvalue weighted by molar-refractivity contribution is -0.530. The molecule has 0 aromatic carbocycles. The van der Waals surface area contributed by atoms with Gasteiger partial charge in [-0.25, -0.2) is 0 Å². The molecule has 12 heavy (non-hydrogen) atoms. The van der Waals surface area contributed by atoms with Gasteiger partial charge in [0.2, 0.25) is 6.04 Å². The van der Waals surface area contributed by atoms with Crippen LogP contribution < -0.4 is 0 Å². The fraction of sp³-hybridized carbons (Fsp3) is 1.00. The molecule has 0 spiro atoms. The number of aliphatic hydroxyl groups is 1. The molecular weight excluding hydrogens is 158 g/mol. The number of nitro groups is 1. The predicted molar refractivity (Wildman–Crippen MR) is 46.6 cm³/mol. The van der Waals surface area contributed by atoms with Crippen molar-refractivity contribution in [1.82, 2.24) is 0 Å². The van der Waals surface area contributed by atoms with E-state index in [4.69, 9.17) is 0 Å². The summed E-state index contributed by atoms with van der Waals surface area (Å²) in [5, 5.41) is 19.5. The fourth-order valence-corrected chi connectivity index (χ4v) is 0.985. The van der Waals surface area contributed by atoms with Crippen LogP contribution >= 0.6 is 0 Å². The SMILES string of the molecule is CCCCC[C@@H](O)[C@H](C)[N+](=O)[O-]. The van der Waals surface area contributed by atoms with E-state index in [0.29, 0.717) is 6.42 Å². The zero-order chi connectivity index (χ0) is 9.56. The highest BCUT2D eigenvalue weighted by molar-refractivity contribution is 4.62. The molecule has 0 radical (unpaired) electrons. The average molecular weight is 175 g/mol. The van der Waals surface area contributed by atoms with E-state index in [0.717, 1.165) is 19.3 Å². The van der Waals surface area contributed by atoms with Gasteiger partial charge in [-0.05, 0) is 6.42 Å². The Labute approximate surface area is 72.7 Å². The number of rotatable bonds is 6. The summed E-state index contributed by atoms with van der Waals surface area (Å²) in [5.41, 5.74) is 0. The van der Waals surface area contributed by atoms with E-state index in [9.17, 15) is 15.2 Å². The molecule has 72 valence electrons. The summed E-state index contributed by atoms with van der Waals surface area (Å²) in [6.45, 7) is 3.50. The summed E-state index contributed by atoms with van der Waals surface area (Å²) in [5.74, 6) is 0. The lowest BCUT2D eigenvalue weighted by Gasteiger charge is -2.11. The highest BCUT2D eigenvalue weighted by Crippen LogP contribution is 2.08. The molecule has 4 heteroatoms.